The molecule has 100 valence electrons. The number of amides is 2. The minimum absolute atomic E-state index is 0.0276. The van der Waals surface area contributed by atoms with E-state index < -0.39 is 0 Å². The molecule has 0 aromatic rings. The Bertz CT molecular complexity index is 384. The predicted octanol–water partition coefficient (Wildman–Crippen LogP) is 0.0332. The molecule has 2 aliphatic rings. The van der Waals surface area contributed by atoms with Gasteiger partial charge in [0.25, 0.3) is 0 Å². The summed E-state index contributed by atoms with van der Waals surface area (Å²) in [6.45, 7) is 4.16. The lowest BCUT2D eigenvalue weighted by molar-refractivity contribution is -0.139. The molecule has 5 heteroatoms. The maximum absolute atomic E-state index is 12.4. The Morgan fingerprint density at radius 1 is 1.33 bits per heavy atom. The van der Waals surface area contributed by atoms with E-state index in [0.717, 1.165) is 37.9 Å². The number of likely N-dealkylation sites (N-methyl/N-ethyl adjacent to an activating group) is 1. The minimum Gasteiger partial charge on any atom is -0.357 e. The van der Waals surface area contributed by atoms with Crippen molar-refractivity contribution in [2.24, 2.45) is 0 Å². The summed E-state index contributed by atoms with van der Waals surface area (Å²) < 4.78 is 0. The minimum atomic E-state index is -0.292. The van der Waals surface area contributed by atoms with Crippen LogP contribution in [0, 0.1) is 0 Å². The smallest absolute Gasteiger partial charge is 0.250 e. The van der Waals surface area contributed by atoms with Gasteiger partial charge in [-0.15, -0.1) is 0 Å². The molecule has 2 fully saturated rings. The zero-order chi connectivity index (χ0) is 13.1. The number of rotatable bonds is 2. The summed E-state index contributed by atoms with van der Waals surface area (Å²) in [6.07, 6.45) is 2.77. The van der Waals surface area contributed by atoms with E-state index in [4.69, 9.17) is 0 Å². The molecule has 2 heterocycles. The quantitative estimate of drug-likeness (QED) is 0.681. The second-order valence-electron chi connectivity index (χ2n) is 4.96. The molecule has 2 N–H and O–H groups in total. The highest BCUT2D eigenvalue weighted by atomic mass is 16.2. The van der Waals surface area contributed by atoms with Gasteiger partial charge in [-0.1, -0.05) is 0 Å². The van der Waals surface area contributed by atoms with E-state index in [0.29, 0.717) is 6.54 Å². The third-order valence-corrected chi connectivity index (χ3v) is 3.84. The molecule has 1 atom stereocenters. The molecule has 2 rings (SSSR count). The third kappa shape index (κ3) is 2.41. The highest BCUT2D eigenvalue weighted by Crippen LogP contribution is 2.21. The van der Waals surface area contributed by atoms with Gasteiger partial charge in [0.15, 0.2) is 0 Å². The van der Waals surface area contributed by atoms with Gasteiger partial charge >= 0.3 is 0 Å². The van der Waals surface area contributed by atoms with E-state index >= 15 is 0 Å². The van der Waals surface area contributed by atoms with Crippen LogP contribution in [-0.2, 0) is 9.59 Å². The van der Waals surface area contributed by atoms with Crippen molar-refractivity contribution >= 4 is 11.8 Å². The average molecular weight is 251 g/mol. The summed E-state index contributed by atoms with van der Waals surface area (Å²) in [5.41, 5.74) is 1.98. The number of nitrogens with one attached hydrogen (secondary N) is 2. The van der Waals surface area contributed by atoms with Gasteiger partial charge in [-0.2, -0.15) is 0 Å². The van der Waals surface area contributed by atoms with Crippen LogP contribution in [0.4, 0.5) is 0 Å². The van der Waals surface area contributed by atoms with Gasteiger partial charge in [-0.3, -0.25) is 9.59 Å². The van der Waals surface area contributed by atoms with Crippen LogP contribution in [0.15, 0.2) is 11.1 Å². The lowest BCUT2D eigenvalue weighted by Crippen LogP contribution is -2.52. The molecular formula is C13H21N3O2. The standard InChI is InChI=1S/C13H21N3O2/c1-9(10-7-15-8-10)13(18)16-6-4-3-5-11(16)12(17)14-2/h11,15H,3-8H2,1-2H3,(H,14,17). The number of likely N-dealkylation sites (tertiary alicyclic amines) is 1. The second-order valence-corrected chi connectivity index (χ2v) is 4.96. The molecule has 2 saturated heterocycles. The summed E-state index contributed by atoms with van der Waals surface area (Å²) in [4.78, 5) is 26.0. The van der Waals surface area contributed by atoms with Gasteiger partial charge in [0.2, 0.25) is 11.8 Å². The summed E-state index contributed by atoms with van der Waals surface area (Å²) in [5.74, 6) is -0.0209. The average Bonchev–Trinajstić information content (AvgIpc) is 2.34. The van der Waals surface area contributed by atoms with Crippen LogP contribution in [0.3, 0.4) is 0 Å². The number of piperidine rings is 1. The summed E-state index contributed by atoms with van der Waals surface area (Å²) in [6, 6.07) is -0.292. The number of carbonyl (C=O) groups is 2. The number of hydrogen-bond donors (Lipinski definition) is 2. The van der Waals surface area contributed by atoms with Crippen LogP contribution in [0.2, 0.25) is 0 Å². The van der Waals surface area contributed by atoms with Gasteiger partial charge in [-0.25, -0.2) is 0 Å². The van der Waals surface area contributed by atoms with E-state index in [9.17, 15) is 9.59 Å². The van der Waals surface area contributed by atoms with Gasteiger partial charge in [0.1, 0.15) is 6.04 Å². The van der Waals surface area contributed by atoms with Gasteiger partial charge in [0.05, 0.1) is 0 Å². The topological polar surface area (TPSA) is 61.4 Å². The van der Waals surface area contributed by atoms with Crippen molar-refractivity contribution in [2.75, 3.05) is 26.7 Å². The van der Waals surface area contributed by atoms with Crippen molar-refractivity contribution in [2.45, 2.75) is 32.2 Å². The zero-order valence-electron chi connectivity index (χ0n) is 11.1. The van der Waals surface area contributed by atoms with Crippen molar-refractivity contribution < 1.29 is 9.59 Å². The Morgan fingerprint density at radius 3 is 2.61 bits per heavy atom. The molecule has 5 nitrogen and oxygen atoms in total. The predicted molar refractivity (Wildman–Crippen MR) is 69.0 cm³/mol. The molecule has 2 amide bonds. The number of hydrogen-bond acceptors (Lipinski definition) is 3. The zero-order valence-corrected chi connectivity index (χ0v) is 11.1. The van der Waals surface area contributed by atoms with E-state index in [1.807, 2.05) is 6.92 Å². The van der Waals surface area contributed by atoms with Crippen LogP contribution < -0.4 is 10.6 Å². The maximum atomic E-state index is 12.4. The van der Waals surface area contributed by atoms with Crippen molar-refractivity contribution in [3.05, 3.63) is 11.1 Å². The van der Waals surface area contributed by atoms with Crippen molar-refractivity contribution in [1.29, 1.82) is 0 Å². The Labute approximate surface area is 108 Å². The normalized spacial score (nSPS) is 23.3. The molecule has 18 heavy (non-hydrogen) atoms. The SMILES string of the molecule is CNC(=O)C1CCCCN1C(=O)C(C)=C1CNC1. The van der Waals surface area contributed by atoms with E-state index in [1.165, 1.54) is 5.57 Å². The molecule has 0 aliphatic carbocycles. The lowest BCUT2D eigenvalue weighted by atomic mass is 9.98. The summed E-state index contributed by atoms with van der Waals surface area (Å²) >= 11 is 0. The summed E-state index contributed by atoms with van der Waals surface area (Å²) in [5, 5.41) is 5.79. The maximum Gasteiger partial charge on any atom is 0.250 e. The first-order chi connectivity index (χ1) is 8.65. The van der Waals surface area contributed by atoms with Crippen molar-refractivity contribution in [3.63, 3.8) is 0 Å². The fourth-order valence-corrected chi connectivity index (χ4v) is 2.50. The Morgan fingerprint density at radius 2 is 2.06 bits per heavy atom. The molecule has 0 saturated carbocycles. The van der Waals surface area contributed by atoms with E-state index in [1.54, 1.807) is 11.9 Å². The van der Waals surface area contributed by atoms with Crippen molar-refractivity contribution in [1.82, 2.24) is 15.5 Å². The van der Waals surface area contributed by atoms with Crippen LogP contribution >= 0.6 is 0 Å². The molecule has 1 unspecified atom stereocenters. The van der Waals surface area contributed by atoms with Crippen LogP contribution in [-0.4, -0.2) is 49.4 Å². The second kappa shape index (κ2) is 5.52. The first-order valence-electron chi connectivity index (χ1n) is 6.57. The molecular weight excluding hydrogens is 230 g/mol. The largest absolute Gasteiger partial charge is 0.357 e. The van der Waals surface area contributed by atoms with Gasteiger partial charge in [-0.05, 0) is 31.8 Å². The molecule has 0 aromatic heterocycles. The van der Waals surface area contributed by atoms with E-state index in [-0.39, 0.29) is 17.9 Å². The van der Waals surface area contributed by atoms with Gasteiger partial charge in [0, 0.05) is 32.3 Å². The summed E-state index contributed by atoms with van der Waals surface area (Å²) in [7, 11) is 1.63. The van der Waals surface area contributed by atoms with E-state index in [2.05, 4.69) is 10.6 Å². The van der Waals surface area contributed by atoms with Crippen molar-refractivity contribution in [3.8, 4) is 0 Å². The Kier molecular flexibility index (Phi) is 4.01. The molecule has 0 spiro atoms. The molecule has 0 aromatic carbocycles. The fourth-order valence-electron chi connectivity index (χ4n) is 2.50. The number of carbonyl (C=O) groups excluding carboxylic acids is 2. The van der Waals surface area contributed by atoms with Crippen LogP contribution in [0.1, 0.15) is 26.2 Å². The lowest BCUT2D eigenvalue weighted by Gasteiger charge is -2.35. The first-order valence-corrected chi connectivity index (χ1v) is 6.57. The molecule has 0 radical (unpaired) electrons. The first kappa shape index (κ1) is 13.1. The van der Waals surface area contributed by atoms with Crippen LogP contribution in [0.5, 0.6) is 0 Å². The van der Waals surface area contributed by atoms with Crippen LogP contribution in [0.25, 0.3) is 0 Å². The molecule has 0 bridgehead atoms. The molecule has 2 aliphatic heterocycles. The third-order valence-electron chi connectivity index (χ3n) is 3.84. The monoisotopic (exact) mass is 251 g/mol. The Balaban J connectivity index is 2.13. The number of nitrogens with zero attached hydrogens (tertiary/aromatic N) is 1. The highest BCUT2D eigenvalue weighted by molar-refractivity contribution is 5.97. The Hall–Kier alpha value is -1.36. The fraction of sp³-hybridized carbons (Fsp3) is 0.692. The van der Waals surface area contributed by atoms with Gasteiger partial charge < -0.3 is 15.5 Å². The highest BCUT2D eigenvalue weighted by Gasteiger charge is 2.33.